The van der Waals surface area contributed by atoms with Gasteiger partial charge < -0.3 is 9.97 Å². The molecule has 0 bridgehead atoms. The quantitative estimate of drug-likeness (QED) is 0.548. The summed E-state index contributed by atoms with van der Waals surface area (Å²) in [5.41, 5.74) is 0.905. The van der Waals surface area contributed by atoms with Crippen LogP contribution in [0.2, 0.25) is 0 Å². The second-order valence-electron chi connectivity index (χ2n) is 1.29. The van der Waals surface area contributed by atoms with Crippen molar-refractivity contribution in [3.8, 4) is 0 Å². The maximum atomic E-state index is 3.79. The Bertz CT molecular complexity index is 140. The average Bonchev–Trinajstić information content (AvgIpc) is 1.69. The third-order valence-corrected chi connectivity index (χ3v) is 0.635. The van der Waals surface area contributed by atoms with Crippen LogP contribution in [-0.2, 0) is 32.7 Å². The summed E-state index contributed by atoms with van der Waals surface area (Å²) in [5, 5.41) is 0. The second kappa shape index (κ2) is 4.10. The number of hydrogen-bond donors (Lipinski definition) is 0. The molecule has 0 unspecified atom stereocenters. The van der Waals surface area contributed by atoms with Crippen LogP contribution >= 0.6 is 0 Å². The van der Waals surface area contributed by atoms with Crippen molar-refractivity contribution in [3.63, 3.8) is 0 Å². The fourth-order valence-electron chi connectivity index (χ4n) is 0.338. The second-order valence-corrected chi connectivity index (χ2v) is 1.29. The van der Waals surface area contributed by atoms with Gasteiger partial charge in [0.15, 0.2) is 0 Å². The summed E-state index contributed by atoms with van der Waals surface area (Å²) in [7, 11) is 0. The van der Waals surface area contributed by atoms with Gasteiger partial charge >= 0.3 is 0 Å². The van der Waals surface area contributed by atoms with Gasteiger partial charge in [-0.3, -0.25) is 0 Å². The van der Waals surface area contributed by atoms with Crippen molar-refractivity contribution < 1.29 is 32.7 Å². The monoisotopic (exact) mass is 182 g/mol. The van der Waals surface area contributed by atoms with Crippen LogP contribution in [0.25, 0.3) is 0 Å². The Morgan fingerprint density at radius 3 is 2.62 bits per heavy atom. The minimum absolute atomic E-state index is 0. The van der Waals surface area contributed by atoms with E-state index >= 15 is 0 Å². The van der Waals surface area contributed by atoms with Gasteiger partial charge in [0.1, 0.15) is 0 Å². The molecule has 2 nitrogen and oxygen atoms in total. The van der Waals surface area contributed by atoms with Gasteiger partial charge in [-0.05, 0) is 12.4 Å². The van der Waals surface area contributed by atoms with E-state index in [-0.39, 0.29) is 32.7 Å². The van der Waals surface area contributed by atoms with E-state index in [0.29, 0.717) is 0 Å². The van der Waals surface area contributed by atoms with Crippen molar-refractivity contribution >= 4 is 0 Å². The first-order valence-corrected chi connectivity index (χ1v) is 2.04. The summed E-state index contributed by atoms with van der Waals surface area (Å²) < 4.78 is 0. The molecule has 0 spiro atoms. The number of hydrogen-bond acceptors (Lipinski definition) is 2. The van der Waals surface area contributed by atoms with Crippen LogP contribution in [0, 0.1) is 13.1 Å². The van der Waals surface area contributed by atoms with Gasteiger partial charge in [-0.1, -0.05) is 12.6 Å². The van der Waals surface area contributed by atoms with Crippen LogP contribution in [0.5, 0.6) is 0 Å². The Hall–Kier alpha value is 0.184. The third-order valence-electron chi connectivity index (χ3n) is 0.635. The Morgan fingerprint density at radius 2 is 2.38 bits per heavy atom. The van der Waals surface area contributed by atoms with Crippen LogP contribution in [-0.4, -0.2) is 9.97 Å². The molecule has 8 heavy (non-hydrogen) atoms. The third kappa shape index (κ3) is 2.48. The first-order chi connectivity index (χ1) is 3.39. The Balaban J connectivity index is 0.000000490. The molecular formula is C5H5N2Y-. The molecule has 0 saturated heterocycles. The molecule has 1 heterocycles. The molecule has 1 aromatic rings. The van der Waals surface area contributed by atoms with E-state index in [9.17, 15) is 0 Å². The summed E-state index contributed by atoms with van der Waals surface area (Å²) in [6, 6.07) is 0. The van der Waals surface area contributed by atoms with Gasteiger partial charge in [0, 0.05) is 32.7 Å². The topological polar surface area (TPSA) is 25.8 Å². The molecule has 0 N–H and O–H groups in total. The van der Waals surface area contributed by atoms with E-state index in [1.807, 2.05) is 6.92 Å². The fourth-order valence-corrected chi connectivity index (χ4v) is 0.338. The number of nitrogens with zero attached hydrogens (tertiary/aromatic N) is 2. The predicted octanol–water partition coefficient (Wildman–Crippen LogP) is 0.583. The zero-order chi connectivity index (χ0) is 5.11. The van der Waals surface area contributed by atoms with Crippen LogP contribution in [0.4, 0.5) is 0 Å². The van der Waals surface area contributed by atoms with Gasteiger partial charge in [-0.15, -0.1) is 6.20 Å². The van der Waals surface area contributed by atoms with Crippen LogP contribution in [0.3, 0.4) is 0 Å². The molecule has 0 saturated carbocycles. The summed E-state index contributed by atoms with van der Waals surface area (Å²) in [4.78, 5) is 7.56. The summed E-state index contributed by atoms with van der Waals surface area (Å²) >= 11 is 0. The molecule has 0 amide bonds. The summed E-state index contributed by atoms with van der Waals surface area (Å²) in [6.45, 7) is 1.88. The van der Waals surface area contributed by atoms with Crippen molar-refractivity contribution in [1.29, 1.82) is 0 Å². The maximum Gasteiger partial charge on any atom is 0 e. The molecule has 1 rings (SSSR count). The van der Waals surface area contributed by atoms with E-state index in [1.54, 1.807) is 6.20 Å². The van der Waals surface area contributed by atoms with E-state index in [2.05, 4.69) is 16.2 Å². The normalized spacial score (nSPS) is 7.62. The van der Waals surface area contributed by atoms with E-state index < -0.39 is 0 Å². The zero-order valence-electron chi connectivity index (χ0n) is 4.63. The average molecular weight is 182 g/mol. The van der Waals surface area contributed by atoms with Crippen LogP contribution < -0.4 is 0 Å². The minimum Gasteiger partial charge on any atom is -0.453 e. The van der Waals surface area contributed by atoms with Gasteiger partial charge in [-0.25, -0.2) is 0 Å². The zero-order valence-corrected chi connectivity index (χ0v) is 7.46. The van der Waals surface area contributed by atoms with Gasteiger partial charge in [0.05, 0.1) is 0 Å². The molecular weight excluding hydrogens is 177 g/mol. The molecule has 0 fully saturated rings. The number of aryl methyl sites for hydroxylation is 1. The minimum atomic E-state index is 0. The SMILES string of the molecule is Cc1cnc[c-]n1.[Y]. The molecule has 0 aliphatic heterocycles. The molecule has 1 aromatic heterocycles. The van der Waals surface area contributed by atoms with Crippen molar-refractivity contribution in [1.82, 2.24) is 9.97 Å². The van der Waals surface area contributed by atoms with E-state index in [1.165, 1.54) is 6.20 Å². The Labute approximate surface area is 73.6 Å². The van der Waals surface area contributed by atoms with Gasteiger partial charge in [-0.2, -0.15) is 0 Å². The molecule has 3 heteroatoms. The molecule has 0 aliphatic carbocycles. The molecule has 1 radical (unpaired) electrons. The number of rotatable bonds is 0. The van der Waals surface area contributed by atoms with E-state index in [4.69, 9.17) is 0 Å². The maximum absolute atomic E-state index is 3.79. The predicted molar refractivity (Wildman–Crippen MR) is 25.6 cm³/mol. The Morgan fingerprint density at radius 1 is 1.62 bits per heavy atom. The number of aromatic nitrogens is 2. The fraction of sp³-hybridized carbons (Fsp3) is 0.200. The largest absolute Gasteiger partial charge is 0.453 e. The van der Waals surface area contributed by atoms with Crippen molar-refractivity contribution in [2.45, 2.75) is 6.92 Å². The van der Waals surface area contributed by atoms with Crippen molar-refractivity contribution in [2.75, 3.05) is 0 Å². The molecule has 0 atom stereocenters. The first kappa shape index (κ1) is 8.18. The molecule has 0 aromatic carbocycles. The van der Waals surface area contributed by atoms with Gasteiger partial charge in [0.25, 0.3) is 0 Å². The van der Waals surface area contributed by atoms with Crippen LogP contribution in [0.1, 0.15) is 5.69 Å². The summed E-state index contributed by atoms with van der Waals surface area (Å²) in [6.07, 6.45) is 5.83. The van der Waals surface area contributed by atoms with Crippen molar-refractivity contribution in [3.05, 3.63) is 24.3 Å². The standard InChI is InChI=1S/C5H5N2.Y/c1-5-4-6-2-3-7-5;/h2,4H,1H3;/q-1;. The smallest absolute Gasteiger partial charge is 0 e. The Kier molecular flexibility index (Phi) is 4.20. The molecule has 0 aliphatic rings. The van der Waals surface area contributed by atoms with E-state index in [0.717, 1.165) is 5.69 Å². The van der Waals surface area contributed by atoms with Crippen molar-refractivity contribution in [2.24, 2.45) is 0 Å². The first-order valence-electron chi connectivity index (χ1n) is 2.04. The molecule has 39 valence electrons. The summed E-state index contributed by atoms with van der Waals surface area (Å²) in [5.74, 6) is 0. The van der Waals surface area contributed by atoms with Crippen LogP contribution in [0.15, 0.2) is 12.4 Å². The van der Waals surface area contributed by atoms with Gasteiger partial charge in [0.2, 0.25) is 0 Å².